The number of rotatable bonds is 6. The van der Waals surface area contributed by atoms with Crippen LogP contribution in [0.2, 0.25) is 0 Å². The van der Waals surface area contributed by atoms with Crippen molar-refractivity contribution in [1.29, 1.82) is 0 Å². The zero-order chi connectivity index (χ0) is 23.0. The average molecular weight is 502 g/mol. The van der Waals surface area contributed by atoms with Crippen molar-refractivity contribution in [3.63, 3.8) is 0 Å². The second-order valence-corrected chi connectivity index (χ2v) is 12.4. The van der Waals surface area contributed by atoms with Gasteiger partial charge in [-0.25, -0.2) is 0 Å². The zero-order valence-corrected chi connectivity index (χ0v) is 18.7. The maximum absolute atomic E-state index is 12.0. The molecule has 13 heteroatoms. The lowest BCUT2D eigenvalue weighted by atomic mass is 10.3. The molecule has 0 amide bonds. The van der Waals surface area contributed by atoms with Gasteiger partial charge in [0, 0.05) is 15.9 Å². The molecule has 164 valence electrons. The molecule has 3 aromatic rings. The summed E-state index contributed by atoms with van der Waals surface area (Å²) in [4.78, 5) is -1.72. The topological polar surface area (TPSA) is 163 Å². The van der Waals surface area contributed by atoms with Gasteiger partial charge >= 0.3 is 0 Å². The minimum absolute atomic E-state index is 0.104. The number of hydrogen-bond donors (Lipinski definition) is 3. The first-order valence-corrected chi connectivity index (χ1v) is 14.0. The van der Waals surface area contributed by atoms with Crippen LogP contribution in [0.15, 0.2) is 87.5 Å². The summed E-state index contributed by atoms with van der Waals surface area (Å²) in [5, 5.41) is -0.313. The Hall–Kier alpha value is -2.18. The Bertz CT molecular complexity index is 1280. The van der Waals surface area contributed by atoms with E-state index in [1.54, 1.807) is 0 Å². The average Bonchev–Trinajstić information content (AvgIpc) is 2.67. The van der Waals surface area contributed by atoms with Crippen LogP contribution in [0.4, 0.5) is 0 Å². The molecule has 0 bridgehead atoms. The standard InChI is InChI=1S/C18H15O9PS3/c19-29(20,21)16-10-4-1-7-13(16)28(14-8-2-5-11-17(14)30(22,23)24)15-9-3-6-12-18(15)31(25,26)27/h1-12H,(H,19,20,21)(H,22,23,24)(H,25,26,27). The van der Waals surface area contributed by atoms with Crippen molar-refractivity contribution in [2.24, 2.45) is 0 Å². The summed E-state index contributed by atoms with van der Waals surface area (Å²) in [7, 11) is -16.7. The van der Waals surface area contributed by atoms with Crippen LogP contribution in [-0.2, 0) is 30.4 Å². The Morgan fingerprint density at radius 2 is 0.677 bits per heavy atom. The molecule has 0 aliphatic heterocycles. The fraction of sp³-hybridized carbons (Fsp3) is 0. The van der Waals surface area contributed by atoms with Crippen LogP contribution in [0.5, 0.6) is 0 Å². The minimum atomic E-state index is -4.80. The Labute approximate surface area is 180 Å². The van der Waals surface area contributed by atoms with Crippen molar-refractivity contribution in [3.8, 4) is 0 Å². The Morgan fingerprint density at radius 1 is 0.452 bits per heavy atom. The van der Waals surface area contributed by atoms with Crippen molar-refractivity contribution >= 4 is 54.2 Å². The summed E-state index contributed by atoms with van der Waals surface area (Å²) >= 11 is 0. The molecule has 0 spiro atoms. The lowest BCUT2D eigenvalue weighted by Gasteiger charge is -2.24. The van der Waals surface area contributed by atoms with E-state index in [1.165, 1.54) is 54.6 Å². The highest BCUT2D eigenvalue weighted by atomic mass is 32.2. The molecular weight excluding hydrogens is 487 g/mol. The summed E-state index contributed by atoms with van der Waals surface area (Å²) in [6.45, 7) is 0. The predicted octanol–water partition coefficient (Wildman–Crippen LogP) is 1.18. The second kappa shape index (κ2) is 8.40. The molecule has 0 aromatic heterocycles. The highest BCUT2D eigenvalue weighted by molar-refractivity contribution is 7.90. The molecule has 3 aromatic carbocycles. The molecule has 0 fully saturated rings. The SMILES string of the molecule is O=S(=O)(O)c1ccccc1P(c1ccccc1S(=O)(=O)O)c1ccccc1S(=O)(=O)O. The van der Waals surface area contributed by atoms with Crippen molar-refractivity contribution in [1.82, 2.24) is 0 Å². The first kappa shape index (κ1) is 23.5. The number of hydrogen-bond acceptors (Lipinski definition) is 6. The van der Waals surface area contributed by atoms with Crippen LogP contribution in [0.1, 0.15) is 0 Å². The van der Waals surface area contributed by atoms with E-state index in [2.05, 4.69) is 0 Å². The maximum atomic E-state index is 12.0. The summed E-state index contributed by atoms with van der Waals surface area (Å²) in [6, 6.07) is 15.3. The molecule has 0 aliphatic carbocycles. The van der Waals surface area contributed by atoms with Crippen molar-refractivity contribution < 1.29 is 38.9 Å². The number of benzene rings is 3. The van der Waals surface area contributed by atoms with E-state index in [4.69, 9.17) is 0 Å². The largest absolute Gasteiger partial charge is 0.295 e. The Morgan fingerprint density at radius 3 is 0.903 bits per heavy atom. The van der Waals surface area contributed by atoms with Crippen molar-refractivity contribution in [2.75, 3.05) is 0 Å². The van der Waals surface area contributed by atoms with Crippen LogP contribution >= 0.6 is 7.92 Å². The van der Waals surface area contributed by atoms with E-state index in [9.17, 15) is 38.9 Å². The third-order valence-corrected chi connectivity index (χ3v) is 9.96. The van der Waals surface area contributed by atoms with Gasteiger partial charge in [-0.05, 0) is 26.1 Å². The van der Waals surface area contributed by atoms with Crippen molar-refractivity contribution in [3.05, 3.63) is 72.8 Å². The highest BCUT2D eigenvalue weighted by Gasteiger charge is 2.32. The Balaban J connectivity index is 2.53. The molecule has 0 aliphatic rings. The lowest BCUT2D eigenvalue weighted by Crippen LogP contribution is -2.30. The fourth-order valence-electron chi connectivity index (χ4n) is 2.97. The maximum Gasteiger partial charge on any atom is 0.295 e. The highest BCUT2D eigenvalue weighted by Crippen LogP contribution is 2.39. The molecule has 9 nitrogen and oxygen atoms in total. The monoisotopic (exact) mass is 502 g/mol. The normalized spacial score (nSPS) is 12.8. The summed E-state index contributed by atoms with van der Waals surface area (Å²) in [5.74, 6) is 0. The van der Waals surface area contributed by atoms with Crippen LogP contribution in [0, 0.1) is 0 Å². The van der Waals surface area contributed by atoms with Gasteiger partial charge in [-0.1, -0.05) is 54.6 Å². The van der Waals surface area contributed by atoms with Gasteiger partial charge in [0.25, 0.3) is 30.4 Å². The fourth-order valence-corrected chi connectivity index (χ4v) is 8.95. The van der Waals surface area contributed by atoms with E-state index in [0.29, 0.717) is 0 Å². The molecule has 0 saturated heterocycles. The Kier molecular flexibility index (Phi) is 6.36. The molecule has 3 N–H and O–H groups in total. The van der Waals surface area contributed by atoms with Crippen LogP contribution < -0.4 is 15.9 Å². The van der Waals surface area contributed by atoms with E-state index >= 15 is 0 Å². The first-order chi connectivity index (χ1) is 14.3. The minimum Gasteiger partial charge on any atom is -0.282 e. The summed E-state index contributed by atoms with van der Waals surface area (Å²) < 4.78 is 101. The lowest BCUT2D eigenvalue weighted by molar-refractivity contribution is 0.482. The molecule has 31 heavy (non-hydrogen) atoms. The van der Waals surface area contributed by atoms with E-state index in [0.717, 1.165) is 18.2 Å². The second-order valence-electron chi connectivity index (χ2n) is 6.16. The van der Waals surface area contributed by atoms with Gasteiger partial charge in [0.1, 0.15) is 14.7 Å². The van der Waals surface area contributed by atoms with Crippen LogP contribution in [0.3, 0.4) is 0 Å². The summed E-state index contributed by atoms with van der Waals surface area (Å²) in [5.41, 5.74) is 0. The van der Waals surface area contributed by atoms with Gasteiger partial charge in [-0.2, -0.15) is 25.3 Å². The van der Waals surface area contributed by atoms with Gasteiger partial charge in [0.15, 0.2) is 0 Å². The molecule has 3 rings (SSSR count). The van der Waals surface area contributed by atoms with Gasteiger partial charge in [0.2, 0.25) is 0 Å². The predicted molar refractivity (Wildman–Crippen MR) is 115 cm³/mol. The van der Waals surface area contributed by atoms with E-state index in [-0.39, 0.29) is 15.9 Å². The van der Waals surface area contributed by atoms with Crippen LogP contribution in [0.25, 0.3) is 0 Å². The molecule has 0 heterocycles. The van der Waals surface area contributed by atoms with Gasteiger partial charge in [-0.15, -0.1) is 0 Å². The van der Waals surface area contributed by atoms with Crippen LogP contribution in [-0.4, -0.2) is 38.9 Å². The molecule has 0 saturated carbocycles. The molecular formula is C18H15O9PS3. The van der Waals surface area contributed by atoms with Gasteiger partial charge in [0.05, 0.1) is 0 Å². The first-order valence-electron chi connectivity index (χ1n) is 8.31. The van der Waals surface area contributed by atoms with Crippen molar-refractivity contribution in [2.45, 2.75) is 14.7 Å². The molecule has 0 atom stereocenters. The summed E-state index contributed by atoms with van der Waals surface area (Å²) in [6.07, 6.45) is 0. The quantitative estimate of drug-likeness (QED) is 0.332. The van der Waals surface area contributed by atoms with Gasteiger partial charge < -0.3 is 0 Å². The molecule has 0 unspecified atom stereocenters. The van der Waals surface area contributed by atoms with E-state index in [1.807, 2.05) is 0 Å². The third-order valence-electron chi connectivity index (χ3n) is 4.15. The van der Waals surface area contributed by atoms with E-state index < -0.39 is 53.0 Å². The third kappa shape index (κ3) is 5.01. The zero-order valence-electron chi connectivity index (χ0n) is 15.4. The van der Waals surface area contributed by atoms with Gasteiger partial charge in [-0.3, -0.25) is 13.7 Å². The molecule has 0 radical (unpaired) electrons. The smallest absolute Gasteiger partial charge is 0.282 e.